The molecule has 0 fully saturated rings. The third kappa shape index (κ3) is 3.78. The summed E-state index contributed by atoms with van der Waals surface area (Å²) in [7, 11) is 0. The molecule has 2 aromatic carbocycles. The Morgan fingerprint density at radius 2 is 1.81 bits per heavy atom. The van der Waals surface area contributed by atoms with Crippen LogP contribution in [0, 0.1) is 0 Å². The first-order valence-corrected chi connectivity index (χ1v) is 8.80. The van der Waals surface area contributed by atoms with Gasteiger partial charge in [0.25, 0.3) is 5.91 Å². The summed E-state index contributed by atoms with van der Waals surface area (Å²) in [5, 5.41) is 8.10. The van der Waals surface area contributed by atoms with Crippen LogP contribution in [0.2, 0.25) is 5.02 Å². The molecule has 0 atom stereocenters. The van der Waals surface area contributed by atoms with E-state index in [0.717, 1.165) is 11.3 Å². The lowest BCUT2D eigenvalue weighted by Gasteiger charge is -2.08. The van der Waals surface area contributed by atoms with Crippen molar-refractivity contribution in [3.63, 3.8) is 0 Å². The van der Waals surface area contributed by atoms with Crippen molar-refractivity contribution in [3.8, 4) is 17.1 Å². The van der Waals surface area contributed by atoms with Crippen LogP contribution in [0.1, 0.15) is 16.1 Å². The predicted molar refractivity (Wildman–Crippen MR) is 104 cm³/mol. The lowest BCUT2D eigenvalue weighted by Crippen LogP contribution is -2.25. The van der Waals surface area contributed by atoms with E-state index < -0.39 is 0 Å². The molecule has 4 rings (SSSR count). The topological polar surface area (TPSA) is 60.1 Å². The summed E-state index contributed by atoms with van der Waals surface area (Å²) >= 11 is 5.98. The highest BCUT2D eigenvalue weighted by molar-refractivity contribution is 6.30. The number of hydrogen-bond acceptors (Lipinski definition) is 3. The molecule has 0 saturated carbocycles. The molecule has 0 bridgehead atoms. The van der Waals surface area contributed by atoms with Crippen LogP contribution in [0.4, 0.5) is 0 Å². The minimum absolute atomic E-state index is 0.223. The van der Waals surface area contributed by atoms with Crippen LogP contribution in [0.5, 0.6) is 0 Å². The molecular formula is C21H16ClN3O2. The number of hydrogen-bond donors (Lipinski definition) is 1. The van der Waals surface area contributed by atoms with Gasteiger partial charge in [-0.3, -0.25) is 4.79 Å². The minimum Gasteiger partial charge on any atom is -0.463 e. The van der Waals surface area contributed by atoms with E-state index in [1.165, 1.54) is 0 Å². The second kappa shape index (κ2) is 7.51. The van der Waals surface area contributed by atoms with Crippen LogP contribution in [0.15, 0.2) is 83.5 Å². The summed E-state index contributed by atoms with van der Waals surface area (Å²) < 4.78 is 7.02. The average molecular weight is 378 g/mol. The van der Waals surface area contributed by atoms with Crippen molar-refractivity contribution in [3.05, 3.63) is 95.3 Å². The van der Waals surface area contributed by atoms with Crippen molar-refractivity contribution in [2.75, 3.05) is 0 Å². The Balaban J connectivity index is 1.67. The SMILES string of the molecule is O=C(NCc1ccccc1)c1cc(-c2ccco2)nn1-c1ccc(Cl)cc1. The summed E-state index contributed by atoms with van der Waals surface area (Å²) in [6.45, 7) is 0.432. The molecule has 27 heavy (non-hydrogen) atoms. The third-order valence-corrected chi connectivity index (χ3v) is 4.33. The number of nitrogens with one attached hydrogen (secondary N) is 1. The molecule has 5 nitrogen and oxygen atoms in total. The Bertz CT molecular complexity index is 1040. The predicted octanol–water partition coefficient (Wildman–Crippen LogP) is 4.72. The van der Waals surface area contributed by atoms with E-state index in [4.69, 9.17) is 16.0 Å². The smallest absolute Gasteiger partial charge is 0.270 e. The summed E-state index contributed by atoms with van der Waals surface area (Å²) in [6, 6.07) is 22.2. The molecule has 2 aromatic heterocycles. The van der Waals surface area contributed by atoms with Crippen LogP contribution in [0.25, 0.3) is 17.1 Å². The van der Waals surface area contributed by atoms with Gasteiger partial charge in [0.15, 0.2) is 5.76 Å². The maximum Gasteiger partial charge on any atom is 0.270 e. The average Bonchev–Trinajstić information content (AvgIpc) is 3.37. The molecular weight excluding hydrogens is 362 g/mol. The number of carbonyl (C=O) groups excluding carboxylic acids is 1. The van der Waals surface area contributed by atoms with E-state index in [1.54, 1.807) is 41.3 Å². The Kier molecular flexibility index (Phi) is 4.77. The molecule has 0 unspecified atom stereocenters. The van der Waals surface area contributed by atoms with Gasteiger partial charge >= 0.3 is 0 Å². The van der Waals surface area contributed by atoms with Crippen molar-refractivity contribution in [2.24, 2.45) is 0 Å². The van der Waals surface area contributed by atoms with Gasteiger partial charge in [-0.1, -0.05) is 41.9 Å². The zero-order valence-electron chi connectivity index (χ0n) is 14.3. The first-order chi connectivity index (χ1) is 13.2. The Hall–Kier alpha value is -3.31. The number of carbonyl (C=O) groups is 1. The highest BCUT2D eigenvalue weighted by Crippen LogP contribution is 2.23. The fourth-order valence-electron chi connectivity index (χ4n) is 2.74. The van der Waals surface area contributed by atoms with Gasteiger partial charge in [0.1, 0.15) is 11.4 Å². The van der Waals surface area contributed by atoms with Crippen molar-refractivity contribution in [1.29, 1.82) is 0 Å². The fourth-order valence-corrected chi connectivity index (χ4v) is 2.86. The van der Waals surface area contributed by atoms with Crippen LogP contribution < -0.4 is 5.32 Å². The summed E-state index contributed by atoms with van der Waals surface area (Å²) in [5.41, 5.74) is 2.76. The molecule has 0 spiro atoms. The van der Waals surface area contributed by atoms with Crippen molar-refractivity contribution in [1.82, 2.24) is 15.1 Å². The summed E-state index contributed by atoms with van der Waals surface area (Å²) in [5.74, 6) is 0.374. The highest BCUT2D eigenvalue weighted by Gasteiger charge is 2.18. The Labute approximate surface area is 161 Å². The zero-order valence-corrected chi connectivity index (χ0v) is 15.1. The van der Waals surface area contributed by atoms with E-state index in [0.29, 0.717) is 28.7 Å². The van der Waals surface area contributed by atoms with Gasteiger partial charge < -0.3 is 9.73 Å². The number of nitrogens with zero attached hydrogens (tertiary/aromatic N) is 2. The highest BCUT2D eigenvalue weighted by atomic mass is 35.5. The molecule has 134 valence electrons. The normalized spacial score (nSPS) is 10.7. The Morgan fingerprint density at radius 1 is 1.04 bits per heavy atom. The quantitative estimate of drug-likeness (QED) is 0.547. The van der Waals surface area contributed by atoms with Gasteiger partial charge in [0.05, 0.1) is 12.0 Å². The molecule has 1 amide bonds. The maximum atomic E-state index is 12.8. The third-order valence-electron chi connectivity index (χ3n) is 4.08. The molecule has 0 aliphatic heterocycles. The van der Waals surface area contributed by atoms with Crippen LogP contribution >= 0.6 is 11.6 Å². The first-order valence-electron chi connectivity index (χ1n) is 8.43. The van der Waals surface area contributed by atoms with Gasteiger partial charge in [-0.2, -0.15) is 5.10 Å². The lowest BCUT2D eigenvalue weighted by atomic mass is 10.2. The summed E-state index contributed by atoms with van der Waals surface area (Å²) in [4.78, 5) is 12.8. The second-order valence-corrected chi connectivity index (χ2v) is 6.39. The van der Waals surface area contributed by atoms with E-state index in [1.807, 2.05) is 42.5 Å². The van der Waals surface area contributed by atoms with Gasteiger partial charge in [-0.05, 0) is 42.0 Å². The monoisotopic (exact) mass is 377 g/mol. The number of halogens is 1. The van der Waals surface area contributed by atoms with E-state index in [9.17, 15) is 4.79 Å². The standard InChI is InChI=1S/C21H16ClN3O2/c22-16-8-10-17(11-9-16)25-19(13-18(24-25)20-7-4-12-27-20)21(26)23-14-15-5-2-1-3-6-15/h1-13H,14H2,(H,23,26). The molecule has 0 radical (unpaired) electrons. The van der Waals surface area contributed by atoms with E-state index in [-0.39, 0.29) is 5.91 Å². The molecule has 6 heteroatoms. The second-order valence-electron chi connectivity index (χ2n) is 5.95. The van der Waals surface area contributed by atoms with Crippen LogP contribution in [0.3, 0.4) is 0 Å². The van der Waals surface area contributed by atoms with E-state index >= 15 is 0 Å². The largest absolute Gasteiger partial charge is 0.463 e. The molecule has 1 N–H and O–H groups in total. The van der Waals surface area contributed by atoms with Gasteiger partial charge in [0.2, 0.25) is 0 Å². The molecule has 0 saturated heterocycles. The van der Waals surface area contributed by atoms with Gasteiger partial charge in [-0.15, -0.1) is 0 Å². The number of amides is 1. The first kappa shape index (κ1) is 17.1. The molecule has 0 aliphatic rings. The maximum absolute atomic E-state index is 12.8. The number of benzene rings is 2. The van der Waals surface area contributed by atoms with E-state index in [2.05, 4.69) is 10.4 Å². The zero-order chi connectivity index (χ0) is 18.6. The van der Waals surface area contributed by atoms with Crippen molar-refractivity contribution < 1.29 is 9.21 Å². The number of aromatic nitrogens is 2. The minimum atomic E-state index is -0.223. The molecule has 4 aromatic rings. The van der Waals surface area contributed by atoms with Crippen LogP contribution in [-0.2, 0) is 6.54 Å². The van der Waals surface area contributed by atoms with Gasteiger partial charge in [0, 0.05) is 17.6 Å². The molecule has 0 aliphatic carbocycles. The van der Waals surface area contributed by atoms with Crippen molar-refractivity contribution >= 4 is 17.5 Å². The fraction of sp³-hybridized carbons (Fsp3) is 0.0476. The number of rotatable bonds is 5. The Morgan fingerprint density at radius 3 is 2.52 bits per heavy atom. The van der Waals surface area contributed by atoms with Gasteiger partial charge in [-0.25, -0.2) is 4.68 Å². The molecule has 2 heterocycles. The summed E-state index contributed by atoms with van der Waals surface area (Å²) in [6.07, 6.45) is 1.58. The number of furan rings is 1. The van der Waals surface area contributed by atoms with Crippen molar-refractivity contribution in [2.45, 2.75) is 6.54 Å². The van der Waals surface area contributed by atoms with Crippen LogP contribution in [-0.4, -0.2) is 15.7 Å². The lowest BCUT2D eigenvalue weighted by molar-refractivity contribution is 0.0943.